The summed E-state index contributed by atoms with van der Waals surface area (Å²) in [7, 11) is 0. The first kappa shape index (κ1) is 22.1. The Bertz CT molecular complexity index is 965. The number of anilines is 1. The van der Waals surface area contributed by atoms with Gasteiger partial charge >= 0.3 is 6.03 Å². The minimum atomic E-state index is -0.680. The molecule has 9 heteroatoms. The molecule has 0 saturated carbocycles. The molecule has 2 aliphatic rings. The van der Waals surface area contributed by atoms with Crippen LogP contribution >= 0.6 is 0 Å². The molecule has 32 heavy (non-hydrogen) atoms. The average molecular weight is 444 g/mol. The van der Waals surface area contributed by atoms with E-state index in [0.29, 0.717) is 44.6 Å². The smallest absolute Gasteiger partial charge is 0.321 e. The maximum absolute atomic E-state index is 13.8. The van der Waals surface area contributed by atoms with E-state index >= 15 is 0 Å². The van der Waals surface area contributed by atoms with Crippen LogP contribution in [0.4, 0.5) is 19.3 Å². The number of likely N-dealkylation sites (tertiary alicyclic amines) is 1. The fourth-order valence-electron chi connectivity index (χ4n) is 4.40. The van der Waals surface area contributed by atoms with Gasteiger partial charge in [-0.05, 0) is 55.9 Å². The van der Waals surface area contributed by atoms with Crippen molar-refractivity contribution in [3.63, 3.8) is 0 Å². The second-order valence-electron chi connectivity index (χ2n) is 8.38. The van der Waals surface area contributed by atoms with Gasteiger partial charge in [0.05, 0.1) is 11.3 Å². The van der Waals surface area contributed by atoms with E-state index in [0.717, 1.165) is 31.0 Å². The van der Waals surface area contributed by atoms with Crippen LogP contribution in [0.3, 0.4) is 0 Å². The normalized spacial score (nSPS) is 20.1. The van der Waals surface area contributed by atoms with Gasteiger partial charge in [-0.2, -0.15) is 0 Å². The van der Waals surface area contributed by atoms with Crippen LogP contribution in [0.25, 0.3) is 0 Å². The Morgan fingerprint density at radius 3 is 2.66 bits per heavy atom. The summed E-state index contributed by atoms with van der Waals surface area (Å²) in [5.74, 6) is -1.13. The molecule has 3 heterocycles. The monoisotopic (exact) mass is 444 g/mol. The predicted octanol–water partition coefficient (Wildman–Crippen LogP) is 3.58. The van der Waals surface area contributed by atoms with E-state index in [4.69, 9.17) is 4.74 Å². The molecule has 170 valence electrons. The van der Waals surface area contributed by atoms with Crippen molar-refractivity contribution in [1.82, 2.24) is 15.2 Å². The fourth-order valence-corrected chi connectivity index (χ4v) is 4.40. The maximum Gasteiger partial charge on any atom is 0.321 e. The number of pyridine rings is 1. The summed E-state index contributed by atoms with van der Waals surface area (Å²) in [5.41, 5.74) is 0.0793. The van der Waals surface area contributed by atoms with Crippen molar-refractivity contribution in [2.24, 2.45) is 5.92 Å². The number of carbonyl (C=O) groups is 2. The summed E-state index contributed by atoms with van der Waals surface area (Å²) in [6.07, 6.45) is 6.15. The van der Waals surface area contributed by atoms with Crippen LogP contribution in [0.1, 0.15) is 36.0 Å². The quantitative estimate of drug-likeness (QED) is 0.755. The first-order valence-electron chi connectivity index (χ1n) is 10.8. The Morgan fingerprint density at radius 2 is 1.91 bits per heavy atom. The highest BCUT2D eigenvalue weighted by Gasteiger charge is 2.41. The molecule has 2 aromatic rings. The number of piperidine rings is 1. The molecule has 0 bridgehead atoms. The molecule has 2 N–H and O–H groups in total. The van der Waals surface area contributed by atoms with Crippen molar-refractivity contribution in [2.75, 3.05) is 31.6 Å². The van der Waals surface area contributed by atoms with Crippen LogP contribution in [0.2, 0.25) is 0 Å². The summed E-state index contributed by atoms with van der Waals surface area (Å²) in [5, 5.41) is 5.44. The number of halogens is 2. The second-order valence-corrected chi connectivity index (χ2v) is 8.38. The molecule has 0 radical (unpaired) electrons. The van der Waals surface area contributed by atoms with Gasteiger partial charge in [-0.3, -0.25) is 9.78 Å². The summed E-state index contributed by atoms with van der Waals surface area (Å²) < 4.78 is 33.3. The van der Waals surface area contributed by atoms with E-state index in [1.165, 1.54) is 0 Å². The molecule has 1 atom stereocenters. The van der Waals surface area contributed by atoms with Gasteiger partial charge in [0.15, 0.2) is 0 Å². The molecule has 7 nitrogen and oxygen atoms in total. The van der Waals surface area contributed by atoms with Gasteiger partial charge in [-0.25, -0.2) is 13.6 Å². The standard InChI is InChI=1S/C23H26F2N4O3/c24-18-1-2-19(25)20(13-18)28-22(31)29-10-6-23(7-11-29)14-16(5-12-32-23)15-27-21(30)17-3-8-26-9-4-17/h1-4,8-9,13,16H,5-7,10-12,14-15H2,(H,27,30)(H,28,31). The number of hydrogen-bond acceptors (Lipinski definition) is 4. The Hall–Kier alpha value is -3.07. The Balaban J connectivity index is 1.28. The van der Waals surface area contributed by atoms with E-state index in [1.807, 2.05) is 0 Å². The average Bonchev–Trinajstić information content (AvgIpc) is 2.81. The van der Waals surface area contributed by atoms with Gasteiger partial charge in [-0.1, -0.05) is 0 Å². The first-order chi connectivity index (χ1) is 15.4. The molecule has 2 aliphatic heterocycles. The zero-order valence-electron chi connectivity index (χ0n) is 17.7. The molecule has 4 rings (SSSR count). The molecule has 2 saturated heterocycles. The topological polar surface area (TPSA) is 83.6 Å². The lowest BCUT2D eigenvalue weighted by atomic mass is 9.79. The minimum absolute atomic E-state index is 0.121. The number of hydrogen-bond donors (Lipinski definition) is 2. The zero-order chi connectivity index (χ0) is 22.6. The Kier molecular flexibility index (Phi) is 6.64. The van der Waals surface area contributed by atoms with Crippen LogP contribution in [-0.2, 0) is 4.74 Å². The van der Waals surface area contributed by atoms with Crippen molar-refractivity contribution in [2.45, 2.75) is 31.3 Å². The Labute approximate surface area is 185 Å². The number of amides is 3. The highest BCUT2D eigenvalue weighted by atomic mass is 19.1. The van der Waals surface area contributed by atoms with Crippen molar-refractivity contribution in [3.8, 4) is 0 Å². The molecule has 1 unspecified atom stereocenters. The third-order valence-corrected chi connectivity index (χ3v) is 6.22. The van der Waals surface area contributed by atoms with Gasteiger partial charge in [-0.15, -0.1) is 0 Å². The van der Waals surface area contributed by atoms with E-state index in [1.54, 1.807) is 29.4 Å². The fraction of sp³-hybridized carbons (Fsp3) is 0.435. The molecule has 1 spiro atoms. The summed E-state index contributed by atoms with van der Waals surface area (Å²) in [6, 6.07) is 5.86. The molecule has 3 amide bonds. The van der Waals surface area contributed by atoms with Gasteiger partial charge in [0.1, 0.15) is 11.6 Å². The molecule has 1 aromatic heterocycles. The van der Waals surface area contributed by atoms with Crippen LogP contribution in [0.15, 0.2) is 42.7 Å². The molecule has 2 fully saturated rings. The summed E-state index contributed by atoms with van der Waals surface area (Å²) in [4.78, 5) is 30.3. The summed E-state index contributed by atoms with van der Waals surface area (Å²) >= 11 is 0. The highest BCUT2D eigenvalue weighted by molar-refractivity contribution is 5.94. The number of ether oxygens (including phenoxy) is 1. The van der Waals surface area contributed by atoms with Crippen molar-refractivity contribution in [1.29, 1.82) is 0 Å². The van der Waals surface area contributed by atoms with E-state index in [-0.39, 0.29) is 23.1 Å². The van der Waals surface area contributed by atoms with E-state index in [9.17, 15) is 18.4 Å². The zero-order valence-corrected chi connectivity index (χ0v) is 17.7. The van der Waals surface area contributed by atoms with Gasteiger partial charge < -0.3 is 20.3 Å². The summed E-state index contributed by atoms with van der Waals surface area (Å²) in [6.45, 7) is 2.09. The van der Waals surface area contributed by atoms with Gasteiger partial charge in [0, 0.05) is 50.3 Å². The SMILES string of the molecule is O=C(NCC1CCOC2(CCN(C(=O)Nc3cc(F)ccc3F)CC2)C1)c1ccncc1. The third-order valence-electron chi connectivity index (χ3n) is 6.22. The van der Waals surface area contributed by atoms with E-state index in [2.05, 4.69) is 15.6 Å². The number of carbonyl (C=O) groups excluding carboxylic acids is 2. The lowest BCUT2D eigenvalue weighted by molar-refractivity contribution is -0.122. The number of rotatable bonds is 4. The minimum Gasteiger partial charge on any atom is -0.375 e. The maximum atomic E-state index is 13.8. The van der Waals surface area contributed by atoms with Crippen LogP contribution in [0, 0.1) is 17.6 Å². The number of nitrogens with zero attached hydrogens (tertiary/aromatic N) is 2. The first-order valence-corrected chi connectivity index (χ1v) is 10.8. The highest BCUT2D eigenvalue weighted by Crippen LogP contribution is 2.37. The van der Waals surface area contributed by atoms with Gasteiger partial charge in [0.2, 0.25) is 0 Å². The lowest BCUT2D eigenvalue weighted by Gasteiger charge is -2.46. The van der Waals surface area contributed by atoms with Crippen LogP contribution < -0.4 is 10.6 Å². The van der Waals surface area contributed by atoms with Crippen LogP contribution in [0.5, 0.6) is 0 Å². The van der Waals surface area contributed by atoms with E-state index < -0.39 is 17.7 Å². The second kappa shape index (κ2) is 9.60. The van der Waals surface area contributed by atoms with Crippen molar-refractivity contribution >= 4 is 17.6 Å². The lowest BCUT2D eigenvalue weighted by Crippen LogP contribution is -2.52. The largest absolute Gasteiger partial charge is 0.375 e. The number of nitrogens with one attached hydrogen (secondary N) is 2. The molecule has 1 aromatic carbocycles. The van der Waals surface area contributed by atoms with Crippen molar-refractivity contribution < 1.29 is 23.1 Å². The number of urea groups is 1. The van der Waals surface area contributed by atoms with Gasteiger partial charge in [0.25, 0.3) is 5.91 Å². The molecular formula is C23H26F2N4O3. The van der Waals surface area contributed by atoms with Crippen molar-refractivity contribution in [3.05, 3.63) is 59.9 Å². The van der Waals surface area contributed by atoms with Crippen LogP contribution in [-0.4, -0.2) is 53.7 Å². The predicted molar refractivity (Wildman–Crippen MR) is 114 cm³/mol. The molecule has 0 aliphatic carbocycles. The Morgan fingerprint density at radius 1 is 1.16 bits per heavy atom. The number of aromatic nitrogens is 1. The molecular weight excluding hydrogens is 418 g/mol. The number of benzene rings is 1. The third kappa shape index (κ3) is 5.21.